The fraction of sp³-hybridized carbons (Fsp3) is 0.316. The molecule has 0 spiro atoms. The Morgan fingerprint density at radius 1 is 1.07 bits per heavy atom. The smallest absolute Gasteiger partial charge is 0.360 e. The number of halogens is 4. The number of carbonyl (C=O) groups is 1. The number of hydrogen-bond acceptors (Lipinski definition) is 2. The summed E-state index contributed by atoms with van der Waals surface area (Å²) >= 11 is 0. The molecule has 1 heterocycles. The Labute approximate surface area is 154 Å². The molecular weight excluding hydrogens is 362 g/mol. The summed E-state index contributed by atoms with van der Waals surface area (Å²) in [6.07, 6.45) is -4.37. The number of quaternary nitrogens is 1. The van der Waals surface area contributed by atoms with Gasteiger partial charge in [-0.1, -0.05) is 18.2 Å². The van der Waals surface area contributed by atoms with Crippen molar-refractivity contribution in [2.24, 2.45) is 0 Å². The first kappa shape index (κ1) is 19.2. The number of para-hydroxylation sites is 1. The number of anilines is 2. The zero-order chi connectivity index (χ0) is 19.4. The quantitative estimate of drug-likeness (QED) is 0.796. The zero-order valence-electron chi connectivity index (χ0n) is 14.5. The first-order valence-electron chi connectivity index (χ1n) is 8.63. The Bertz CT molecular complexity index is 802. The maximum absolute atomic E-state index is 13.6. The highest BCUT2D eigenvalue weighted by Gasteiger charge is 2.31. The van der Waals surface area contributed by atoms with Gasteiger partial charge in [-0.25, -0.2) is 4.39 Å². The highest BCUT2D eigenvalue weighted by atomic mass is 19.4. The van der Waals surface area contributed by atoms with Crippen LogP contribution in [0.2, 0.25) is 0 Å². The molecule has 2 aromatic rings. The van der Waals surface area contributed by atoms with Gasteiger partial charge in [0.1, 0.15) is 5.82 Å². The average molecular weight is 382 g/mol. The molecule has 1 fully saturated rings. The van der Waals surface area contributed by atoms with E-state index in [1.807, 2.05) is 4.90 Å². The van der Waals surface area contributed by atoms with Gasteiger partial charge in [0.15, 0.2) is 6.54 Å². The predicted octanol–water partition coefficient (Wildman–Crippen LogP) is 2.19. The summed E-state index contributed by atoms with van der Waals surface area (Å²) in [7, 11) is 0. The Hall–Kier alpha value is -2.61. The minimum absolute atomic E-state index is 0.143. The SMILES string of the molecule is O=C(C[NH+]1CCN(c2cccc(C(F)(F)F)c2)CC1)Nc1ccccc1F. The van der Waals surface area contributed by atoms with E-state index in [9.17, 15) is 22.4 Å². The minimum Gasteiger partial charge on any atom is -0.360 e. The van der Waals surface area contributed by atoms with Crippen LogP contribution in [0.4, 0.5) is 28.9 Å². The zero-order valence-corrected chi connectivity index (χ0v) is 14.5. The van der Waals surface area contributed by atoms with E-state index in [2.05, 4.69) is 5.32 Å². The lowest BCUT2D eigenvalue weighted by Gasteiger charge is -2.33. The molecule has 1 aliphatic heterocycles. The molecule has 1 saturated heterocycles. The minimum atomic E-state index is -4.37. The first-order valence-corrected chi connectivity index (χ1v) is 8.63. The fourth-order valence-electron chi connectivity index (χ4n) is 3.12. The lowest BCUT2D eigenvalue weighted by atomic mass is 10.1. The number of rotatable bonds is 4. The summed E-state index contributed by atoms with van der Waals surface area (Å²) < 4.78 is 52.1. The van der Waals surface area contributed by atoms with Crippen molar-refractivity contribution in [3.8, 4) is 0 Å². The molecule has 0 radical (unpaired) electrons. The van der Waals surface area contributed by atoms with Crippen LogP contribution in [-0.4, -0.2) is 38.6 Å². The summed E-state index contributed by atoms with van der Waals surface area (Å²) in [5, 5.41) is 2.55. The van der Waals surface area contributed by atoms with Gasteiger partial charge in [0.2, 0.25) is 0 Å². The van der Waals surface area contributed by atoms with E-state index in [-0.39, 0.29) is 18.1 Å². The van der Waals surface area contributed by atoms with Gasteiger partial charge in [-0.3, -0.25) is 4.79 Å². The molecule has 0 saturated carbocycles. The number of nitrogens with one attached hydrogen (secondary N) is 2. The second kappa shape index (κ2) is 7.96. The Morgan fingerprint density at radius 3 is 2.44 bits per heavy atom. The third-order valence-corrected chi connectivity index (χ3v) is 4.57. The number of carbonyl (C=O) groups excluding carboxylic acids is 1. The van der Waals surface area contributed by atoms with Crippen molar-refractivity contribution < 1.29 is 27.3 Å². The Morgan fingerprint density at radius 2 is 1.78 bits per heavy atom. The van der Waals surface area contributed by atoms with Crippen LogP contribution in [0.1, 0.15) is 5.56 Å². The molecule has 0 aliphatic carbocycles. The molecule has 1 aliphatic rings. The van der Waals surface area contributed by atoms with Gasteiger partial charge in [0.05, 0.1) is 37.4 Å². The average Bonchev–Trinajstić information content (AvgIpc) is 2.64. The maximum atomic E-state index is 13.6. The van der Waals surface area contributed by atoms with Crippen molar-refractivity contribution >= 4 is 17.3 Å². The highest BCUT2D eigenvalue weighted by molar-refractivity contribution is 5.91. The van der Waals surface area contributed by atoms with E-state index >= 15 is 0 Å². The van der Waals surface area contributed by atoms with Crippen LogP contribution in [0, 0.1) is 5.82 Å². The Kier molecular flexibility index (Phi) is 5.65. The lowest BCUT2D eigenvalue weighted by Crippen LogP contribution is -3.15. The molecule has 144 valence electrons. The number of benzene rings is 2. The third kappa shape index (κ3) is 4.97. The summed E-state index contributed by atoms with van der Waals surface area (Å²) in [6, 6.07) is 11.2. The van der Waals surface area contributed by atoms with Crippen LogP contribution >= 0.6 is 0 Å². The first-order chi connectivity index (χ1) is 12.8. The van der Waals surface area contributed by atoms with Crippen molar-refractivity contribution in [1.82, 2.24) is 0 Å². The molecule has 1 amide bonds. The molecular formula is C19H20F4N3O+. The largest absolute Gasteiger partial charge is 0.416 e. The standard InChI is InChI=1S/C19H19F4N3O/c20-16-6-1-2-7-17(16)24-18(27)13-25-8-10-26(11-9-25)15-5-3-4-14(12-15)19(21,22)23/h1-7,12H,8-11,13H2,(H,24,27)/p+1. The lowest BCUT2D eigenvalue weighted by molar-refractivity contribution is -0.892. The molecule has 0 unspecified atom stereocenters. The number of amides is 1. The predicted molar refractivity (Wildman–Crippen MR) is 94.3 cm³/mol. The van der Waals surface area contributed by atoms with Gasteiger partial charge >= 0.3 is 6.18 Å². The van der Waals surface area contributed by atoms with Crippen molar-refractivity contribution in [3.63, 3.8) is 0 Å². The number of alkyl halides is 3. The van der Waals surface area contributed by atoms with Crippen LogP contribution in [0.5, 0.6) is 0 Å². The third-order valence-electron chi connectivity index (χ3n) is 4.57. The summed E-state index contributed by atoms with van der Waals surface area (Å²) in [6.45, 7) is 2.50. The van der Waals surface area contributed by atoms with Crippen LogP contribution in [0.3, 0.4) is 0 Å². The van der Waals surface area contributed by atoms with Crippen LogP contribution in [0.15, 0.2) is 48.5 Å². The van der Waals surface area contributed by atoms with Crippen LogP contribution < -0.4 is 15.1 Å². The van der Waals surface area contributed by atoms with E-state index in [4.69, 9.17) is 0 Å². The van der Waals surface area contributed by atoms with Crippen molar-refractivity contribution in [1.29, 1.82) is 0 Å². The normalized spacial score (nSPS) is 15.6. The molecule has 2 aromatic carbocycles. The number of hydrogen-bond donors (Lipinski definition) is 2. The van der Waals surface area contributed by atoms with E-state index in [1.54, 1.807) is 18.2 Å². The highest BCUT2D eigenvalue weighted by Crippen LogP contribution is 2.31. The second-order valence-corrected chi connectivity index (χ2v) is 6.49. The molecule has 0 bridgehead atoms. The van der Waals surface area contributed by atoms with Gasteiger partial charge in [-0.05, 0) is 30.3 Å². The molecule has 2 N–H and O–H groups in total. The summed E-state index contributed by atoms with van der Waals surface area (Å²) in [4.78, 5) is 15.0. The molecule has 4 nitrogen and oxygen atoms in total. The van der Waals surface area contributed by atoms with Gasteiger partial charge < -0.3 is 15.1 Å². The van der Waals surface area contributed by atoms with Crippen molar-refractivity contribution in [2.75, 3.05) is 42.9 Å². The van der Waals surface area contributed by atoms with Gasteiger partial charge in [0.25, 0.3) is 5.91 Å². The molecule has 27 heavy (non-hydrogen) atoms. The summed E-state index contributed by atoms with van der Waals surface area (Å²) in [5.74, 6) is -0.780. The monoisotopic (exact) mass is 382 g/mol. The van der Waals surface area contributed by atoms with Gasteiger partial charge in [-0.2, -0.15) is 13.2 Å². The summed E-state index contributed by atoms with van der Waals surface area (Å²) in [5.41, 5.74) is 0.00299. The maximum Gasteiger partial charge on any atom is 0.416 e. The molecule has 3 rings (SSSR count). The van der Waals surface area contributed by atoms with E-state index in [0.717, 1.165) is 17.0 Å². The topological polar surface area (TPSA) is 36.8 Å². The molecule has 0 aromatic heterocycles. The second-order valence-electron chi connectivity index (χ2n) is 6.49. The van der Waals surface area contributed by atoms with E-state index in [0.29, 0.717) is 31.9 Å². The van der Waals surface area contributed by atoms with Gasteiger partial charge in [-0.15, -0.1) is 0 Å². The van der Waals surface area contributed by atoms with Crippen LogP contribution in [-0.2, 0) is 11.0 Å². The van der Waals surface area contributed by atoms with Crippen molar-refractivity contribution in [3.05, 3.63) is 59.9 Å². The van der Waals surface area contributed by atoms with Crippen molar-refractivity contribution in [2.45, 2.75) is 6.18 Å². The fourth-order valence-corrected chi connectivity index (χ4v) is 3.12. The van der Waals surface area contributed by atoms with Gasteiger partial charge in [0, 0.05) is 5.69 Å². The van der Waals surface area contributed by atoms with E-state index in [1.165, 1.54) is 18.2 Å². The van der Waals surface area contributed by atoms with Crippen LogP contribution in [0.25, 0.3) is 0 Å². The number of nitrogens with zero attached hydrogens (tertiary/aromatic N) is 1. The molecule has 8 heteroatoms. The number of piperazine rings is 1. The molecule has 0 atom stereocenters. The van der Waals surface area contributed by atoms with E-state index < -0.39 is 17.6 Å². The Balaban J connectivity index is 1.53.